The summed E-state index contributed by atoms with van der Waals surface area (Å²) in [4.78, 5) is 1.18. The quantitative estimate of drug-likeness (QED) is 0.842. The van der Waals surface area contributed by atoms with Gasteiger partial charge < -0.3 is 15.6 Å². The molecule has 18 heavy (non-hydrogen) atoms. The second kappa shape index (κ2) is 6.54. The molecule has 0 saturated heterocycles. The first-order valence-corrected chi connectivity index (χ1v) is 6.81. The first-order chi connectivity index (χ1) is 8.79. The van der Waals surface area contributed by atoms with Gasteiger partial charge in [-0.15, -0.1) is 11.3 Å². The molecular formula is C14H17NO2S. The molecule has 3 N–H and O–H groups in total. The molecule has 2 rings (SSSR count). The molecule has 2 aromatic rings. The molecule has 0 bridgehead atoms. The topological polar surface area (TPSA) is 55.5 Å². The SMILES string of the molecule is NCC[C@@H](O)c1cccc(OCc2cccs2)c1. The Hall–Kier alpha value is -1.36. The van der Waals surface area contributed by atoms with E-state index in [1.807, 2.05) is 41.8 Å². The summed E-state index contributed by atoms with van der Waals surface area (Å²) in [5.74, 6) is 0.775. The molecule has 0 aliphatic carbocycles. The summed E-state index contributed by atoms with van der Waals surface area (Å²) in [5.41, 5.74) is 6.29. The Bertz CT molecular complexity index is 470. The maximum absolute atomic E-state index is 9.86. The van der Waals surface area contributed by atoms with Crippen molar-refractivity contribution in [2.45, 2.75) is 19.1 Å². The molecule has 0 saturated carbocycles. The fourth-order valence-electron chi connectivity index (χ4n) is 1.69. The van der Waals surface area contributed by atoms with E-state index in [1.54, 1.807) is 11.3 Å². The summed E-state index contributed by atoms with van der Waals surface area (Å²) in [6, 6.07) is 11.6. The van der Waals surface area contributed by atoms with Crippen molar-refractivity contribution < 1.29 is 9.84 Å². The Morgan fingerprint density at radius 2 is 2.17 bits per heavy atom. The van der Waals surface area contributed by atoms with Crippen LogP contribution >= 0.6 is 11.3 Å². The van der Waals surface area contributed by atoms with Crippen LogP contribution in [0, 0.1) is 0 Å². The summed E-state index contributed by atoms with van der Waals surface area (Å²) < 4.78 is 5.69. The maximum atomic E-state index is 9.86. The van der Waals surface area contributed by atoms with Gasteiger partial charge in [0.05, 0.1) is 6.10 Å². The standard InChI is InChI=1S/C14H17NO2S/c15-7-6-14(16)11-3-1-4-12(9-11)17-10-13-5-2-8-18-13/h1-5,8-9,14,16H,6-7,10,15H2/t14-/m1/s1. The van der Waals surface area contributed by atoms with Crippen LogP contribution in [0.3, 0.4) is 0 Å². The molecule has 0 aliphatic rings. The Kier molecular flexibility index (Phi) is 4.75. The molecule has 1 atom stereocenters. The molecule has 0 aliphatic heterocycles. The second-order valence-electron chi connectivity index (χ2n) is 4.03. The van der Waals surface area contributed by atoms with Crippen LogP contribution in [0.4, 0.5) is 0 Å². The molecule has 0 amide bonds. The maximum Gasteiger partial charge on any atom is 0.122 e. The van der Waals surface area contributed by atoms with E-state index in [0.29, 0.717) is 19.6 Å². The molecule has 3 nitrogen and oxygen atoms in total. The second-order valence-corrected chi connectivity index (χ2v) is 5.07. The minimum Gasteiger partial charge on any atom is -0.488 e. The van der Waals surface area contributed by atoms with E-state index in [4.69, 9.17) is 10.5 Å². The van der Waals surface area contributed by atoms with Crippen LogP contribution in [0.2, 0.25) is 0 Å². The lowest BCUT2D eigenvalue weighted by atomic mass is 10.1. The monoisotopic (exact) mass is 263 g/mol. The van der Waals surface area contributed by atoms with E-state index in [-0.39, 0.29) is 0 Å². The van der Waals surface area contributed by atoms with Crippen molar-refractivity contribution in [3.05, 3.63) is 52.2 Å². The average Bonchev–Trinajstić information content (AvgIpc) is 2.90. The van der Waals surface area contributed by atoms with E-state index in [1.165, 1.54) is 4.88 Å². The number of nitrogens with two attached hydrogens (primary N) is 1. The van der Waals surface area contributed by atoms with Gasteiger partial charge in [0.2, 0.25) is 0 Å². The highest BCUT2D eigenvalue weighted by atomic mass is 32.1. The number of hydrogen-bond donors (Lipinski definition) is 2. The number of rotatable bonds is 6. The molecule has 0 fully saturated rings. The summed E-state index contributed by atoms with van der Waals surface area (Å²) in [6.07, 6.45) is 0.0502. The summed E-state index contributed by atoms with van der Waals surface area (Å²) in [7, 11) is 0. The average molecular weight is 263 g/mol. The number of aliphatic hydroxyl groups is 1. The van der Waals surface area contributed by atoms with Gasteiger partial charge in [0.25, 0.3) is 0 Å². The lowest BCUT2D eigenvalue weighted by Crippen LogP contribution is -2.06. The van der Waals surface area contributed by atoms with E-state index >= 15 is 0 Å². The van der Waals surface area contributed by atoms with Gasteiger partial charge >= 0.3 is 0 Å². The first kappa shape index (κ1) is 13.1. The van der Waals surface area contributed by atoms with Crippen LogP contribution in [0.1, 0.15) is 23.0 Å². The van der Waals surface area contributed by atoms with Crippen LogP contribution in [0.25, 0.3) is 0 Å². The Morgan fingerprint density at radius 1 is 1.28 bits per heavy atom. The Morgan fingerprint density at radius 3 is 2.89 bits per heavy atom. The van der Waals surface area contributed by atoms with Crippen molar-refractivity contribution in [3.8, 4) is 5.75 Å². The van der Waals surface area contributed by atoms with E-state index < -0.39 is 6.10 Å². The predicted octanol–water partition coefficient (Wildman–Crippen LogP) is 2.71. The lowest BCUT2D eigenvalue weighted by Gasteiger charge is -2.11. The number of hydrogen-bond acceptors (Lipinski definition) is 4. The Balaban J connectivity index is 1.98. The van der Waals surface area contributed by atoms with Crippen LogP contribution < -0.4 is 10.5 Å². The van der Waals surface area contributed by atoms with Gasteiger partial charge in [0, 0.05) is 4.88 Å². The van der Waals surface area contributed by atoms with Crippen molar-refractivity contribution in [2.24, 2.45) is 5.73 Å². The van der Waals surface area contributed by atoms with E-state index in [9.17, 15) is 5.11 Å². The van der Waals surface area contributed by atoms with Gasteiger partial charge in [-0.3, -0.25) is 0 Å². The summed E-state index contributed by atoms with van der Waals surface area (Å²) in [5, 5.41) is 11.9. The zero-order valence-electron chi connectivity index (χ0n) is 10.1. The number of ether oxygens (including phenoxy) is 1. The molecule has 1 aromatic heterocycles. The predicted molar refractivity (Wildman–Crippen MR) is 73.7 cm³/mol. The van der Waals surface area contributed by atoms with Crippen LogP contribution in [-0.4, -0.2) is 11.7 Å². The van der Waals surface area contributed by atoms with Gasteiger partial charge in [0.15, 0.2) is 0 Å². The van der Waals surface area contributed by atoms with Crippen LogP contribution in [-0.2, 0) is 6.61 Å². The highest BCUT2D eigenvalue weighted by Gasteiger charge is 2.07. The van der Waals surface area contributed by atoms with Crippen molar-refractivity contribution in [2.75, 3.05) is 6.54 Å². The first-order valence-electron chi connectivity index (χ1n) is 5.93. The minimum absolute atomic E-state index is 0.474. The van der Waals surface area contributed by atoms with Crippen LogP contribution in [0.5, 0.6) is 5.75 Å². The molecule has 1 heterocycles. The van der Waals surface area contributed by atoms with Crippen molar-refractivity contribution in [1.82, 2.24) is 0 Å². The van der Waals surface area contributed by atoms with Gasteiger partial charge in [-0.25, -0.2) is 0 Å². The zero-order chi connectivity index (χ0) is 12.8. The van der Waals surface area contributed by atoms with E-state index in [2.05, 4.69) is 0 Å². The smallest absolute Gasteiger partial charge is 0.122 e. The third-order valence-corrected chi connectivity index (χ3v) is 3.49. The van der Waals surface area contributed by atoms with Crippen molar-refractivity contribution in [1.29, 1.82) is 0 Å². The Labute approximate surface area is 111 Å². The zero-order valence-corrected chi connectivity index (χ0v) is 10.9. The third kappa shape index (κ3) is 3.57. The van der Waals surface area contributed by atoms with Crippen LogP contribution in [0.15, 0.2) is 41.8 Å². The number of benzene rings is 1. The molecule has 1 aromatic carbocycles. The van der Waals surface area contributed by atoms with Gasteiger partial charge in [-0.05, 0) is 42.1 Å². The summed E-state index contributed by atoms with van der Waals surface area (Å²) in [6.45, 7) is 1.04. The molecule has 0 unspecified atom stereocenters. The van der Waals surface area contributed by atoms with E-state index in [0.717, 1.165) is 11.3 Å². The lowest BCUT2D eigenvalue weighted by molar-refractivity contribution is 0.169. The molecule has 4 heteroatoms. The molecule has 96 valence electrons. The van der Waals surface area contributed by atoms with Gasteiger partial charge in [0.1, 0.15) is 12.4 Å². The molecule has 0 spiro atoms. The highest BCUT2D eigenvalue weighted by Crippen LogP contribution is 2.22. The van der Waals surface area contributed by atoms with Gasteiger partial charge in [-0.1, -0.05) is 18.2 Å². The summed E-state index contributed by atoms with van der Waals surface area (Å²) >= 11 is 1.67. The fourth-order valence-corrected chi connectivity index (χ4v) is 2.30. The number of aliphatic hydroxyl groups excluding tert-OH is 1. The molecule has 0 radical (unpaired) electrons. The largest absolute Gasteiger partial charge is 0.488 e. The highest BCUT2D eigenvalue weighted by molar-refractivity contribution is 7.09. The minimum atomic E-state index is -0.514. The normalized spacial score (nSPS) is 12.3. The number of thiophene rings is 1. The molecular weight excluding hydrogens is 246 g/mol. The fraction of sp³-hybridized carbons (Fsp3) is 0.286. The third-order valence-electron chi connectivity index (χ3n) is 2.64. The van der Waals surface area contributed by atoms with Crippen molar-refractivity contribution >= 4 is 11.3 Å². The van der Waals surface area contributed by atoms with Crippen molar-refractivity contribution in [3.63, 3.8) is 0 Å². The van der Waals surface area contributed by atoms with Gasteiger partial charge in [-0.2, -0.15) is 0 Å².